The van der Waals surface area contributed by atoms with Crippen LogP contribution in [-0.2, 0) is 62.6 Å². The Balaban J connectivity index is 3.07. The molecule has 15 nitrogen and oxygen atoms in total. The molecule has 1 atom stereocenters. The van der Waals surface area contributed by atoms with Gasteiger partial charge < -0.3 is 18.9 Å². The first-order chi connectivity index (χ1) is 18.0. The van der Waals surface area contributed by atoms with E-state index in [4.69, 9.17) is 14.2 Å². The number of nitrogens with zero attached hydrogens (tertiary/aromatic N) is 3. The molecule has 1 heterocycles. The van der Waals surface area contributed by atoms with Gasteiger partial charge in [-0.05, 0) is 13.3 Å². The Morgan fingerprint density at radius 3 is 1.50 bits per heavy atom. The van der Waals surface area contributed by atoms with E-state index in [1.54, 1.807) is 0 Å². The van der Waals surface area contributed by atoms with Gasteiger partial charge in [0, 0.05) is 18.6 Å². The third-order valence-electron chi connectivity index (χ3n) is 5.03. The number of ether oxygens (including phenoxy) is 4. The molecule has 0 radical (unpaired) electrons. The third kappa shape index (κ3) is 9.15. The van der Waals surface area contributed by atoms with Crippen LogP contribution < -0.4 is 17.1 Å². The molecule has 1 aromatic rings. The normalized spacial score (nSPS) is 11.1. The Morgan fingerprint density at radius 1 is 0.763 bits per heavy atom. The first kappa shape index (κ1) is 31.5. The summed E-state index contributed by atoms with van der Waals surface area (Å²) in [6.07, 6.45) is 1.29. The zero-order valence-corrected chi connectivity index (χ0v) is 21.0. The molecule has 1 aromatic heterocycles. The van der Waals surface area contributed by atoms with Gasteiger partial charge in [0.25, 0.3) is 0 Å². The van der Waals surface area contributed by atoms with Crippen molar-refractivity contribution in [2.75, 3.05) is 26.9 Å². The summed E-state index contributed by atoms with van der Waals surface area (Å²) in [7, 11) is 1.10. The van der Waals surface area contributed by atoms with E-state index in [0.29, 0.717) is 13.7 Å². The summed E-state index contributed by atoms with van der Waals surface area (Å²) >= 11 is 0. The van der Waals surface area contributed by atoms with Crippen LogP contribution in [0.5, 0.6) is 0 Å². The maximum Gasteiger partial charge on any atom is 0.336 e. The van der Waals surface area contributed by atoms with E-state index in [0.717, 1.165) is 19.3 Å². The van der Waals surface area contributed by atoms with Crippen molar-refractivity contribution in [2.45, 2.75) is 39.4 Å². The Morgan fingerprint density at radius 2 is 1.16 bits per heavy atom. The minimum absolute atomic E-state index is 0.161. The van der Waals surface area contributed by atoms with Gasteiger partial charge in [0.2, 0.25) is 0 Å². The van der Waals surface area contributed by atoms with Crippen LogP contribution in [0.2, 0.25) is 0 Å². The van der Waals surface area contributed by atoms with Crippen LogP contribution in [0.1, 0.15) is 19.8 Å². The molecule has 0 aliphatic carbocycles. The summed E-state index contributed by atoms with van der Waals surface area (Å²) in [4.78, 5) is 96.2. The number of methoxy groups -OCH3 is 1. The van der Waals surface area contributed by atoms with E-state index in [2.05, 4.69) is 17.9 Å². The molecule has 0 amide bonds. The summed E-state index contributed by atoms with van der Waals surface area (Å²) < 4.78 is 21.0. The van der Waals surface area contributed by atoms with E-state index in [1.807, 2.05) is 0 Å². The highest BCUT2D eigenvalue weighted by molar-refractivity contribution is 5.97. The quantitative estimate of drug-likeness (QED) is 0.101. The van der Waals surface area contributed by atoms with Crippen molar-refractivity contribution in [3.63, 3.8) is 0 Å². The van der Waals surface area contributed by atoms with Gasteiger partial charge in [-0.1, -0.05) is 13.2 Å². The van der Waals surface area contributed by atoms with Gasteiger partial charge in [-0.15, -0.1) is 0 Å². The average molecular weight is 539 g/mol. The highest BCUT2D eigenvalue weighted by atomic mass is 16.5. The van der Waals surface area contributed by atoms with Crippen LogP contribution in [0.4, 0.5) is 0 Å². The molecule has 0 aliphatic heterocycles. The fourth-order valence-electron chi connectivity index (χ4n) is 3.06. The van der Waals surface area contributed by atoms with E-state index in [-0.39, 0.29) is 12.8 Å². The van der Waals surface area contributed by atoms with Crippen LogP contribution in [-0.4, -0.2) is 70.3 Å². The first-order valence-electron chi connectivity index (χ1n) is 11.2. The lowest BCUT2D eigenvalue weighted by Crippen LogP contribution is -2.55. The minimum atomic E-state index is -1.14. The number of Topliss-reactive ketones (excluding diaryl/α,β-unsaturated/α-hetero) is 1. The van der Waals surface area contributed by atoms with Crippen molar-refractivity contribution in [3.8, 4) is 0 Å². The Kier molecular flexibility index (Phi) is 12.9. The third-order valence-corrected chi connectivity index (χ3v) is 5.03. The molecular weight excluding hydrogens is 510 g/mol. The van der Waals surface area contributed by atoms with Crippen molar-refractivity contribution >= 4 is 29.7 Å². The van der Waals surface area contributed by atoms with E-state index in [1.165, 1.54) is 6.92 Å². The molecule has 0 aromatic carbocycles. The maximum atomic E-state index is 12.8. The lowest BCUT2D eigenvalue weighted by Gasteiger charge is -2.14. The molecule has 15 heteroatoms. The fourth-order valence-corrected chi connectivity index (χ4v) is 3.06. The smallest absolute Gasteiger partial charge is 0.336 e. The molecule has 0 spiro atoms. The Hall–Kier alpha value is -4.56. The number of hydrogen-bond donors (Lipinski definition) is 0. The predicted octanol–water partition coefficient (Wildman–Crippen LogP) is -1.67. The molecule has 0 bridgehead atoms. The van der Waals surface area contributed by atoms with Gasteiger partial charge in [-0.2, -0.15) is 0 Å². The lowest BCUT2D eigenvalue weighted by atomic mass is 9.99. The van der Waals surface area contributed by atoms with Gasteiger partial charge in [-0.25, -0.2) is 37.7 Å². The molecule has 0 saturated carbocycles. The van der Waals surface area contributed by atoms with Gasteiger partial charge in [0.1, 0.15) is 31.5 Å². The zero-order valence-electron chi connectivity index (χ0n) is 21.0. The number of carbonyl (C=O) groups is 5. The molecule has 0 saturated heterocycles. The molecule has 38 heavy (non-hydrogen) atoms. The second-order valence-electron chi connectivity index (χ2n) is 7.49. The SMILES string of the molecule is C=CC(=O)OCCn1c(=O)n(CCOC(=O)C=C)c(=O)n(CCOC(=O)CCC(C(C)=O)C(=O)OC)c1=O. The first-order valence-corrected chi connectivity index (χ1v) is 11.2. The zero-order chi connectivity index (χ0) is 28.8. The number of esters is 4. The monoisotopic (exact) mass is 539 g/mol. The van der Waals surface area contributed by atoms with Gasteiger partial charge in [0.15, 0.2) is 0 Å². The second kappa shape index (κ2) is 15.5. The van der Waals surface area contributed by atoms with Crippen LogP contribution in [0, 0.1) is 5.92 Å². The summed E-state index contributed by atoms with van der Waals surface area (Å²) in [5, 5.41) is 0. The lowest BCUT2D eigenvalue weighted by molar-refractivity contribution is -0.150. The van der Waals surface area contributed by atoms with Crippen LogP contribution in [0.15, 0.2) is 39.7 Å². The van der Waals surface area contributed by atoms with Crippen molar-refractivity contribution in [1.29, 1.82) is 0 Å². The Bertz CT molecular complexity index is 1190. The van der Waals surface area contributed by atoms with E-state index >= 15 is 0 Å². The number of carbonyl (C=O) groups excluding carboxylic acids is 5. The van der Waals surface area contributed by atoms with E-state index in [9.17, 15) is 38.4 Å². The van der Waals surface area contributed by atoms with Gasteiger partial charge >= 0.3 is 40.9 Å². The second-order valence-corrected chi connectivity index (χ2v) is 7.49. The van der Waals surface area contributed by atoms with Crippen LogP contribution in [0.3, 0.4) is 0 Å². The van der Waals surface area contributed by atoms with Gasteiger partial charge in [0.05, 0.1) is 26.7 Å². The molecule has 0 aliphatic rings. The molecule has 0 N–H and O–H groups in total. The summed E-state index contributed by atoms with van der Waals surface area (Å²) in [5.74, 6) is -4.83. The number of rotatable bonds is 16. The highest BCUT2D eigenvalue weighted by Crippen LogP contribution is 2.10. The van der Waals surface area contributed by atoms with Gasteiger partial charge in [-0.3, -0.25) is 14.4 Å². The summed E-state index contributed by atoms with van der Waals surface area (Å²) in [6, 6.07) is 0. The molecular formula is C23H29N3O12. The standard InChI is InChI=1S/C23H29N3O12/c1-5-17(28)36-12-9-24-21(32)25(10-13-37-18(29)6-2)23(34)26(22(24)33)11-14-38-19(30)8-7-16(15(3)27)20(31)35-4/h5-6,16H,1-2,7-14H2,3-4H3. The fraction of sp³-hybridized carbons (Fsp3) is 0.478. The minimum Gasteiger partial charge on any atom is -0.468 e. The topological polar surface area (TPSA) is 188 Å². The van der Waals surface area contributed by atoms with Crippen molar-refractivity contribution in [1.82, 2.24) is 13.7 Å². The summed E-state index contributed by atoms with van der Waals surface area (Å²) in [5.41, 5.74) is -3.17. The van der Waals surface area contributed by atoms with E-state index < -0.39 is 92.1 Å². The highest BCUT2D eigenvalue weighted by Gasteiger charge is 2.25. The van der Waals surface area contributed by atoms with Crippen molar-refractivity contribution in [3.05, 3.63) is 56.8 Å². The number of ketones is 1. The van der Waals surface area contributed by atoms with Crippen LogP contribution in [0.25, 0.3) is 0 Å². The maximum absolute atomic E-state index is 12.8. The Labute approximate surface area is 215 Å². The molecule has 1 rings (SSSR count). The molecule has 1 unspecified atom stereocenters. The van der Waals surface area contributed by atoms with Crippen LogP contribution >= 0.6 is 0 Å². The molecule has 0 fully saturated rings. The summed E-state index contributed by atoms with van der Waals surface area (Å²) in [6.45, 7) is 5.09. The largest absolute Gasteiger partial charge is 0.468 e. The molecule has 208 valence electrons. The average Bonchev–Trinajstić information content (AvgIpc) is 2.89. The van der Waals surface area contributed by atoms with Crippen molar-refractivity contribution in [2.24, 2.45) is 5.92 Å². The number of aromatic nitrogens is 3. The predicted molar refractivity (Wildman–Crippen MR) is 128 cm³/mol. The van der Waals surface area contributed by atoms with Crippen molar-refractivity contribution < 1.29 is 42.9 Å². The number of hydrogen-bond acceptors (Lipinski definition) is 12.